The van der Waals surface area contributed by atoms with Gasteiger partial charge in [-0.05, 0) is 24.6 Å². The lowest BCUT2D eigenvalue weighted by molar-refractivity contribution is -0.116. The van der Waals surface area contributed by atoms with Crippen molar-refractivity contribution in [3.63, 3.8) is 0 Å². The van der Waals surface area contributed by atoms with Gasteiger partial charge < -0.3 is 14.2 Å². The summed E-state index contributed by atoms with van der Waals surface area (Å²) in [4.78, 5) is 22.9. The Labute approximate surface area is 106 Å². The lowest BCUT2D eigenvalue weighted by atomic mass is 10.0. The number of hydrogen-bond acceptors (Lipinski definition) is 5. The van der Waals surface area contributed by atoms with E-state index in [0.717, 1.165) is 0 Å². The predicted octanol–water partition coefficient (Wildman–Crippen LogP) is 1.62. The number of carbonyl (C=O) groups excluding carboxylic acids is 2. The zero-order chi connectivity index (χ0) is 13.7. The molecule has 0 heterocycles. The van der Waals surface area contributed by atoms with E-state index >= 15 is 0 Å². The number of ether oxygens (including phenoxy) is 3. The maximum atomic E-state index is 11.7. The van der Waals surface area contributed by atoms with E-state index in [1.165, 1.54) is 34.3 Å². The number of Topliss-reactive ketones (excluding diaryl/α,β-unsaturated/α-hetero) is 1. The van der Waals surface area contributed by atoms with E-state index in [1.54, 1.807) is 6.07 Å². The van der Waals surface area contributed by atoms with E-state index in [9.17, 15) is 9.59 Å². The molecule has 0 saturated heterocycles. The fourth-order valence-electron chi connectivity index (χ4n) is 1.64. The van der Waals surface area contributed by atoms with Crippen molar-refractivity contribution in [3.05, 3.63) is 23.3 Å². The van der Waals surface area contributed by atoms with Crippen LogP contribution in [0, 0.1) is 0 Å². The number of carbonyl (C=O) groups is 2. The highest BCUT2D eigenvalue weighted by Crippen LogP contribution is 2.31. The van der Waals surface area contributed by atoms with Crippen LogP contribution in [0.4, 0.5) is 0 Å². The predicted molar refractivity (Wildman–Crippen MR) is 65.3 cm³/mol. The zero-order valence-corrected chi connectivity index (χ0v) is 10.9. The number of hydrogen-bond donors (Lipinski definition) is 0. The molecular weight excluding hydrogens is 236 g/mol. The zero-order valence-electron chi connectivity index (χ0n) is 10.9. The summed E-state index contributed by atoms with van der Waals surface area (Å²) >= 11 is 0. The maximum Gasteiger partial charge on any atom is 0.338 e. The third-order valence-electron chi connectivity index (χ3n) is 2.45. The van der Waals surface area contributed by atoms with Crippen LogP contribution >= 0.6 is 0 Å². The van der Waals surface area contributed by atoms with Gasteiger partial charge in [-0.25, -0.2) is 4.79 Å². The Morgan fingerprint density at radius 3 is 2.06 bits per heavy atom. The third kappa shape index (κ3) is 3.00. The van der Waals surface area contributed by atoms with Crippen LogP contribution in [0.1, 0.15) is 22.8 Å². The van der Waals surface area contributed by atoms with Crippen molar-refractivity contribution in [1.29, 1.82) is 0 Å². The fraction of sp³-hybridized carbons (Fsp3) is 0.385. The summed E-state index contributed by atoms with van der Waals surface area (Å²) in [5, 5.41) is 0. The van der Waals surface area contributed by atoms with Gasteiger partial charge in [0.25, 0.3) is 0 Å². The number of esters is 1. The summed E-state index contributed by atoms with van der Waals surface area (Å²) < 4.78 is 14.9. The van der Waals surface area contributed by atoms with Crippen LogP contribution in [-0.2, 0) is 16.0 Å². The van der Waals surface area contributed by atoms with E-state index in [-0.39, 0.29) is 12.2 Å². The van der Waals surface area contributed by atoms with Gasteiger partial charge in [-0.2, -0.15) is 0 Å². The highest BCUT2D eigenvalue weighted by atomic mass is 16.5. The minimum Gasteiger partial charge on any atom is -0.493 e. The van der Waals surface area contributed by atoms with E-state index in [4.69, 9.17) is 9.47 Å². The van der Waals surface area contributed by atoms with Crippen molar-refractivity contribution in [1.82, 2.24) is 0 Å². The summed E-state index contributed by atoms with van der Waals surface area (Å²) in [5.41, 5.74) is 0.873. The van der Waals surface area contributed by atoms with Crippen LogP contribution in [0.2, 0.25) is 0 Å². The molecule has 98 valence electrons. The van der Waals surface area contributed by atoms with Crippen LogP contribution < -0.4 is 9.47 Å². The van der Waals surface area contributed by atoms with Crippen molar-refractivity contribution in [2.24, 2.45) is 0 Å². The van der Waals surface area contributed by atoms with E-state index in [2.05, 4.69) is 4.74 Å². The van der Waals surface area contributed by atoms with Gasteiger partial charge in [0.05, 0.1) is 26.9 Å². The number of methoxy groups -OCH3 is 3. The highest BCUT2D eigenvalue weighted by Gasteiger charge is 2.18. The summed E-state index contributed by atoms with van der Waals surface area (Å²) in [5.74, 6) is 0.339. The molecule has 5 nitrogen and oxygen atoms in total. The van der Waals surface area contributed by atoms with Crippen LogP contribution in [0.25, 0.3) is 0 Å². The Hall–Kier alpha value is -2.04. The molecule has 0 radical (unpaired) electrons. The molecule has 1 rings (SSSR count). The Kier molecular flexibility index (Phi) is 4.71. The van der Waals surface area contributed by atoms with Crippen molar-refractivity contribution in [2.75, 3.05) is 21.3 Å². The minimum absolute atomic E-state index is 0.0487. The molecule has 0 fully saturated rings. The molecule has 0 aliphatic rings. The molecule has 0 bridgehead atoms. The van der Waals surface area contributed by atoms with Gasteiger partial charge in [-0.15, -0.1) is 0 Å². The molecule has 0 aliphatic heterocycles. The lowest BCUT2D eigenvalue weighted by Crippen LogP contribution is -2.09. The first-order valence-electron chi connectivity index (χ1n) is 5.36. The summed E-state index contributed by atoms with van der Waals surface area (Å²) in [6.45, 7) is 1.46. The topological polar surface area (TPSA) is 61.8 Å². The first-order valence-corrected chi connectivity index (χ1v) is 5.36. The summed E-state index contributed by atoms with van der Waals surface area (Å²) in [6, 6.07) is 3.13. The maximum absolute atomic E-state index is 11.7. The van der Waals surface area contributed by atoms with Gasteiger partial charge in [0.1, 0.15) is 5.78 Å². The van der Waals surface area contributed by atoms with Crippen LogP contribution in [0.3, 0.4) is 0 Å². The van der Waals surface area contributed by atoms with Crippen molar-refractivity contribution < 1.29 is 23.8 Å². The standard InChI is InChI=1S/C13H16O5/c1-8(14)5-9-6-11(16-2)12(17-3)7-10(9)13(15)18-4/h6-7H,5H2,1-4H3. The minimum atomic E-state index is -0.507. The largest absolute Gasteiger partial charge is 0.493 e. The Bertz CT molecular complexity index is 465. The van der Waals surface area contributed by atoms with Crippen molar-refractivity contribution in [3.8, 4) is 11.5 Å². The van der Waals surface area contributed by atoms with E-state index in [1.807, 2.05) is 0 Å². The third-order valence-corrected chi connectivity index (χ3v) is 2.45. The second-order valence-electron chi connectivity index (χ2n) is 3.73. The number of ketones is 1. The number of benzene rings is 1. The molecule has 1 aromatic carbocycles. The monoisotopic (exact) mass is 252 g/mol. The van der Waals surface area contributed by atoms with Gasteiger partial charge >= 0.3 is 5.97 Å². The number of rotatable bonds is 5. The first kappa shape index (κ1) is 14.0. The molecule has 0 unspecified atom stereocenters. The van der Waals surface area contributed by atoms with Crippen molar-refractivity contribution >= 4 is 11.8 Å². The van der Waals surface area contributed by atoms with Gasteiger partial charge in [0, 0.05) is 6.42 Å². The summed E-state index contributed by atoms with van der Waals surface area (Å²) in [7, 11) is 4.26. The normalized spacial score (nSPS) is 9.78. The molecular formula is C13H16O5. The Morgan fingerprint density at radius 1 is 1.06 bits per heavy atom. The van der Waals surface area contributed by atoms with Crippen molar-refractivity contribution in [2.45, 2.75) is 13.3 Å². The van der Waals surface area contributed by atoms with Crippen LogP contribution in [-0.4, -0.2) is 33.1 Å². The molecule has 0 aromatic heterocycles. The average molecular weight is 252 g/mol. The summed E-state index contributed by atoms with van der Waals surface area (Å²) in [6.07, 6.45) is 0.144. The molecule has 0 saturated carbocycles. The Morgan fingerprint density at radius 2 is 1.61 bits per heavy atom. The molecule has 0 aliphatic carbocycles. The second-order valence-corrected chi connectivity index (χ2v) is 3.73. The van der Waals surface area contributed by atoms with Gasteiger partial charge in [0.2, 0.25) is 0 Å². The van der Waals surface area contributed by atoms with Gasteiger partial charge in [-0.3, -0.25) is 4.79 Å². The lowest BCUT2D eigenvalue weighted by Gasteiger charge is -2.13. The fourth-order valence-corrected chi connectivity index (χ4v) is 1.64. The van der Waals surface area contributed by atoms with Crippen LogP contribution in [0.5, 0.6) is 11.5 Å². The first-order chi connectivity index (χ1) is 8.53. The van der Waals surface area contributed by atoms with Crippen LogP contribution in [0.15, 0.2) is 12.1 Å². The molecule has 5 heteroatoms. The molecule has 18 heavy (non-hydrogen) atoms. The molecule has 0 amide bonds. The van der Waals surface area contributed by atoms with Gasteiger partial charge in [-0.1, -0.05) is 0 Å². The molecule has 0 spiro atoms. The SMILES string of the molecule is COC(=O)c1cc(OC)c(OC)cc1CC(C)=O. The molecule has 0 atom stereocenters. The van der Waals surface area contributed by atoms with E-state index < -0.39 is 5.97 Å². The highest BCUT2D eigenvalue weighted by molar-refractivity contribution is 5.94. The quantitative estimate of drug-likeness (QED) is 0.745. The molecule has 1 aromatic rings. The molecule has 0 N–H and O–H groups in total. The van der Waals surface area contributed by atoms with E-state index in [0.29, 0.717) is 22.6 Å². The second kappa shape index (κ2) is 6.05. The smallest absolute Gasteiger partial charge is 0.338 e. The van der Waals surface area contributed by atoms with Gasteiger partial charge in [0.15, 0.2) is 11.5 Å². The Balaban J connectivity index is 3.35. The average Bonchev–Trinajstić information content (AvgIpc) is 2.36.